The Labute approximate surface area is 211 Å². The summed E-state index contributed by atoms with van der Waals surface area (Å²) in [5.41, 5.74) is -6.96. The van der Waals surface area contributed by atoms with Gasteiger partial charge in [0.1, 0.15) is 0 Å². The molecule has 1 amide bonds. The molecular formula is C17H11N7O15. The quantitative estimate of drug-likeness (QED) is 0.301. The van der Waals surface area contributed by atoms with Gasteiger partial charge >= 0.3 is 28.5 Å². The molecule has 204 valence electrons. The minimum Gasteiger partial charge on any atom is -0.468 e. The molecule has 39 heavy (non-hydrogen) atoms. The van der Waals surface area contributed by atoms with Crippen LogP contribution < -0.4 is 9.57 Å². The van der Waals surface area contributed by atoms with E-state index in [-0.39, 0.29) is 19.4 Å². The summed E-state index contributed by atoms with van der Waals surface area (Å²) < 4.78 is 5.23. The maximum Gasteiger partial charge on any atom is 0.328 e. The van der Waals surface area contributed by atoms with E-state index in [0.29, 0.717) is 29.3 Å². The second kappa shape index (κ2) is 10.5. The van der Waals surface area contributed by atoms with Gasteiger partial charge in [0, 0.05) is 0 Å². The predicted molar refractivity (Wildman–Crippen MR) is 119 cm³/mol. The number of nitro benzene ring substituents is 6. The number of rotatable bonds is 10. The molecule has 0 radical (unpaired) electrons. The number of piperidine rings is 1. The Hall–Kier alpha value is -6.09. The number of benzene rings is 2. The van der Waals surface area contributed by atoms with Crippen LogP contribution in [0.4, 0.5) is 34.1 Å². The molecule has 0 saturated carbocycles. The molecule has 0 N–H and O–H groups in total. The zero-order valence-electron chi connectivity index (χ0n) is 18.8. The lowest BCUT2D eigenvalue weighted by atomic mass is 10.1. The number of nitrogens with zero attached hydrogens (tertiary/aromatic N) is 7. The summed E-state index contributed by atoms with van der Waals surface area (Å²) in [6.45, 7) is -0.367. The number of hydrogen-bond donors (Lipinski definition) is 0. The van der Waals surface area contributed by atoms with Crippen LogP contribution in [0, 0.1) is 60.7 Å². The van der Waals surface area contributed by atoms with Crippen LogP contribution in [0.2, 0.25) is 0 Å². The van der Waals surface area contributed by atoms with Gasteiger partial charge in [0.2, 0.25) is 0 Å². The Morgan fingerprint density at radius 3 is 1.38 bits per heavy atom. The molecule has 0 aliphatic carbocycles. The monoisotopic (exact) mass is 553 g/mol. The molecule has 0 aromatic heterocycles. The van der Waals surface area contributed by atoms with E-state index in [4.69, 9.17) is 9.57 Å². The van der Waals surface area contributed by atoms with E-state index in [1.54, 1.807) is 0 Å². The van der Waals surface area contributed by atoms with Gasteiger partial charge in [-0.05, 0) is 12.8 Å². The number of non-ortho nitro benzene ring substituents is 2. The Bertz CT molecular complexity index is 1280. The van der Waals surface area contributed by atoms with Gasteiger partial charge in [0.15, 0.2) is 6.10 Å². The number of carbonyl (C=O) groups excluding carboxylic acids is 1. The first-order valence-electron chi connectivity index (χ1n) is 10.1. The maximum absolute atomic E-state index is 13.0. The fraction of sp³-hybridized carbons (Fsp3) is 0.235. The smallest absolute Gasteiger partial charge is 0.328 e. The molecule has 0 bridgehead atoms. The average Bonchev–Trinajstić information content (AvgIpc) is 2.85. The van der Waals surface area contributed by atoms with E-state index in [1.165, 1.54) is 0 Å². The molecule has 2 aromatic carbocycles. The van der Waals surface area contributed by atoms with Crippen molar-refractivity contribution in [3.8, 4) is 11.5 Å². The highest BCUT2D eigenvalue weighted by molar-refractivity contribution is 5.82. The second-order valence-corrected chi connectivity index (χ2v) is 7.45. The third-order valence-electron chi connectivity index (χ3n) is 5.09. The molecule has 3 rings (SSSR count). The summed E-state index contributed by atoms with van der Waals surface area (Å²) >= 11 is 0. The van der Waals surface area contributed by atoms with Crippen LogP contribution in [-0.4, -0.2) is 53.2 Å². The van der Waals surface area contributed by atoms with Crippen LogP contribution in [0.5, 0.6) is 11.5 Å². The summed E-state index contributed by atoms with van der Waals surface area (Å²) in [5.74, 6) is -3.51. The van der Waals surface area contributed by atoms with Gasteiger partial charge in [0.05, 0.1) is 60.4 Å². The zero-order valence-corrected chi connectivity index (χ0v) is 18.8. The Balaban J connectivity index is 2.03. The SMILES string of the molecule is O=C1C(Oc2c([N+](=O)[O-])cc([N+](=O)[O-])cc2[N+](=O)[O-])CCCN1Oc1c([N+](=O)[O-])cc([N+](=O)[O-])cc1[N+](=O)[O-]. The van der Waals surface area contributed by atoms with E-state index >= 15 is 0 Å². The molecule has 1 atom stereocenters. The van der Waals surface area contributed by atoms with Crippen molar-refractivity contribution >= 4 is 40.0 Å². The van der Waals surface area contributed by atoms with E-state index < -0.39 is 87.2 Å². The number of nitro groups is 6. The third kappa shape index (κ3) is 5.52. The highest BCUT2D eigenvalue weighted by Gasteiger charge is 2.41. The molecule has 0 spiro atoms. The van der Waals surface area contributed by atoms with Gasteiger partial charge < -0.3 is 9.57 Å². The lowest BCUT2D eigenvalue weighted by molar-refractivity contribution is -0.405. The Morgan fingerprint density at radius 2 is 1.03 bits per heavy atom. The first-order chi connectivity index (χ1) is 18.2. The Kier molecular flexibility index (Phi) is 7.40. The van der Waals surface area contributed by atoms with Crippen molar-refractivity contribution in [3.05, 3.63) is 85.0 Å². The molecule has 1 heterocycles. The summed E-state index contributed by atoms with van der Waals surface area (Å²) in [4.78, 5) is 78.8. The predicted octanol–water partition coefficient (Wildman–Crippen LogP) is 2.50. The van der Waals surface area contributed by atoms with Crippen LogP contribution in [0.3, 0.4) is 0 Å². The van der Waals surface area contributed by atoms with Crippen LogP contribution >= 0.6 is 0 Å². The van der Waals surface area contributed by atoms with E-state index in [1.807, 2.05) is 0 Å². The van der Waals surface area contributed by atoms with Gasteiger partial charge in [-0.25, -0.2) is 0 Å². The lowest BCUT2D eigenvalue weighted by Gasteiger charge is -2.30. The molecule has 1 aliphatic heterocycles. The third-order valence-corrected chi connectivity index (χ3v) is 5.09. The van der Waals surface area contributed by atoms with Crippen molar-refractivity contribution in [2.45, 2.75) is 18.9 Å². The van der Waals surface area contributed by atoms with E-state index in [9.17, 15) is 65.5 Å². The first-order valence-corrected chi connectivity index (χ1v) is 10.1. The Morgan fingerprint density at radius 1 is 0.641 bits per heavy atom. The van der Waals surface area contributed by atoms with Crippen LogP contribution in [0.25, 0.3) is 0 Å². The van der Waals surface area contributed by atoms with Gasteiger partial charge in [-0.2, -0.15) is 5.06 Å². The number of ether oxygens (including phenoxy) is 1. The normalized spacial score (nSPS) is 14.8. The molecule has 1 fully saturated rings. The van der Waals surface area contributed by atoms with Crippen molar-refractivity contribution in [2.75, 3.05) is 6.54 Å². The number of hydrogen-bond acceptors (Lipinski definition) is 15. The number of carbonyl (C=O) groups is 1. The number of amides is 1. The van der Waals surface area contributed by atoms with Crippen molar-refractivity contribution in [3.63, 3.8) is 0 Å². The summed E-state index contributed by atoms with van der Waals surface area (Å²) in [6, 6.07) is 1.45. The first kappa shape index (κ1) is 27.5. The van der Waals surface area contributed by atoms with E-state index in [2.05, 4.69) is 0 Å². The maximum atomic E-state index is 13.0. The fourth-order valence-corrected chi connectivity index (χ4v) is 3.40. The minimum atomic E-state index is -1.78. The largest absolute Gasteiger partial charge is 0.468 e. The molecule has 2 aromatic rings. The van der Waals surface area contributed by atoms with Crippen molar-refractivity contribution in [1.82, 2.24) is 5.06 Å². The fourth-order valence-electron chi connectivity index (χ4n) is 3.40. The lowest BCUT2D eigenvalue weighted by Crippen LogP contribution is -2.48. The molecule has 1 unspecified atom stereocenters. The number of hydroxylamine groups is 2. The van der Waals surface area contributed by atoms with Crippen LogP contribution in [0.1, 0.15) is 12.8 Å². The molecule has 22 nitrogen and oxygen atoms in total. The van der Waals surface area contributed by atoms with Gasteiger partial charge in [-0.15, -0.1) is 0 Å². The van der Waals surface area contributed by atoms with E-state index in [0.717, 1.165) is 0 Å². The van der Waals surface area contributed by atoms with Crippen molar-refractivity contribution in [1.29, 1.82) is 0 Å². The minimum absolute atomic E-state index is 0.0560. The van der Waals surface area contributed by atoms with Crippen molar-refractivity contribution in [2.24, 2.45) is 0 Å². The average molecular weight is 553 g/mol. The molecule has 22 heteroatoms. The van der Waals surface area contributed by atoms with Crippen molar-refractivity contribution < 1.29 is 43.9 Å². The molecule has 1 aliphatic rings. The molecule has 1 saturated heterocycles. The van der Waals surface area contributed by atoms with Gasteiger partial charge in [0.25, 0.3) is 23.0 Å². The highest BCUT2D eigenvalue weighted by Crippen LogP contribution is 2.43. The van der Waals surface area contributed by atoms with Gasteiger partial charge in [-0.3, -0.25) is 65.5 Å². The topological polar surface area (TPSA) is 298 Å². The highest BCUT2D eigenvalue weighted by atomic mass is 16.7. The molecular weight excluding hydrogens is 542 g/mol. The van der Waals surface area contributed by atoms with Crippen LogP contribution in [0.15, 0.2) is 24.3 Å². The summed E-state index contributed by atoms with van der Waals surface area (Å²) in [6.07, 6.45) is -2.08. The summed E-state index contributed by atoms with van der Waals surface area (Å²) in [5, 5.41) is 68.3. The standard InChI is InChI=1S/C17H11N7O15/c25-17-14(38-15-10(21(30)31)4-8(19(26)27)5-11(15)22(32)33)2-1-3-18(17)39-16-12(23(34)35)6-9(20(28)29)7-13(16)24(36)37/h4-7,14H,1-3H2. The van der Waals surface area contributed by atoms with Gasteiger partial charge in [-0.1, -0.05) is 0 Å². The van der Waals surface area contributed by atoms with Crippen LogP contribution in [-0.2, 0) is 4.79 Å². The summed E-state index contributed by atoms with van der Waals surface area (Å²) in [7, 11) is 0. The zero-order chi connectivity index (χ0) is 29.2. The second-order valence-electron chi connectivity index (χ2n) is 7.45.